The molecule has 0 aliphatic carbocycles. The molecule has 1 aromatic rings. The number of amides is 1. The van der Waals surface area contributed by atoms with Crippen molar-refractivity contribution in [2.75, 3.05) is 13.6 Å². The highest BCUT2D eigenvalue weighted by atomic mass is 16.3. The maximum Gasteiger partial charge on any atom is 0.239 e. The normalized spacial score (nSPS) is 22.1. The summed E-state index contributed by atoms with van der Waals surface area (Å²) in [6.07, 6.45) is 4.52. The molecule has 1 aliphatic heterocycles. The Morgan fingerprint density at radius 2 is 2.47 bits per heavy atom. The number of likely N-dealkylation sites (tertiary alicyclic amines) is 1. The van der Waals surface area contributed by atoms with Crippen LogP contribution in [-0.4, -0.2) is 36.5 Å². The minimum atomic E-state index is 0.00611. The fourth-order valence-electron chi connectivity index (χ4n) is 2.22. The summed E-state index contributed by atoms with van der Waals surface area (Å²) in [5.74, 6) is 1.23. The third-order valence-electron chi connectivity index (χ3n) is 3.32. The molecule has 0 spiro atoms. The highest BCUT2D eigenvalue weighted by molar-refractivity contribution is 5.83. The van der Waals surface area contributed by atoms with Crippen molar-refractivity contribution in [3.05, 3.63) is 24.2 Å². The van der Waals surface area contributed by atoms with Crippen LogP contribution in [0.4, 0.5) is 0 Å². The topological polar surface area (TPSA) is 45.5 Å². The summed E-state index contributed by atoms with van der Waals surface area (Å²) < 4.78 is 5.29. The Hall–Kier alpha value is -1.29. The van der Waals surface area contributed by atoms with Crippen molar-refractivity contribution in [1.29, 1.82) is 0 Å². The van der Waals surface area contributed by atoms with Crippen LogP contribution in [0.15, 0.2) is 22.8 Å². The van der Waals surface area contributed by atoms with Crippen molar-refractivity contribution in [3.63, 3.8) is 0 Å². The average Bonchev–Trinajstić information content (AvgIpc) is 2.92. The van der Waals surface area contributed by atoms with Gasteiger partial charge in [-0.2, -0.15) is 0 Å². The van der Waals surface area contributed by atoms with E-state index in [0.717, 1.165) is 31.6 Å². The van der Waals surface area contributed by atoms with E-state index < -0.39 is 0 Å². The molecule has 17 heavy (non-hydrogen) atoms. The summed E-state index contributed by atoms with van der Waals surface area (Å²) in [6, 6.07) is 4.23. The van der Waals surface area contributed by atoms with E-state index in [1.54, 1.807) is 11.2 Å². The zero-order valence-corrected chi connectivity index (χ0v) is 10.5. The SMILES string of the molecule is CC(CCc1ccco1)NC1CCN(C)C1=O. The molecule has 1 saturated heterocycles. The molecule has 2 rings (SSSR count). The Kier molecular flexibility index (Phi) is 3.84. The largest absolute Gasteiger partial charge is 0.469 e. The molecule has 1 fully saturated rings. The Morgan fingerprint density at radius 3 is 3.06 bits per heavy atom. The number of nitrogens with zero attached hydrogens (tertiary/aromatic N) is 1. The van der Waals surface area contributed by atoms with Crippen molar-refractivity contribution < 1.29 is 9.21 Å². The second kappa shape index (κ2) is 5.36. The molecule has 2 heterocycles. The number of furan rings is 1. The lowest BCUT2D eigenvalue weighted by Crippen LogP contribution is -2.41. The summed E-state index contributed by atoms with van der Waals surface area (Å²) in [7, 11) is 1.86. The number of hydrogen-bond acceptors (Lipinski definition) is 3. The Bertz CT molecular complexity index is 362. The smallest absolute Gasteiger partial charge is 0.239 e. The molecule has 0 saturated carbocycles. The zero-order chi connectivity index (χ0) is 12.3. The van der Waals surface area contributed by atoms with E-state index in [-0.39, 0.29) is 11.9 Å². The third-order valence-corrected chi connectivity index (χ3v) is 3.32. The molecule has 1 aliphatic rings. The summed E-state index contributed by atoms with van der Waals surface area (Å²) in [5.41, 5.74) is 0. The fourth-order valence-corrected chi connectivity index (χ4v) is 2.22. The molecule has 2 unspecified atom stereocenters. The van der Waals surface area contributed by atoms with E-state index in [2.05, 4.69) is 12.2 Å². The van der Waals surface area contributed by atoms with Gasteiger partial charge in [-0.15, -0.1) is 0 Å². The van der Waals surface area contributed by atoms with E-state index in [4.69, 9.17) is 4.42 Å². The standard InChI is InChI=1S/C13H20N2O2/c1-10(5-6-11-4-3-9-17-11)14-12-7-8-15(2)13(12)16/h3-4,9-10,12,14H,5-8H2,1-2H3. The molecule has 4 nitrogen and oxygen atoms in total. The van der Waals surface area contributed by atoms with Gasteiger partial charge in [0.2, 0.25) is 5.91 Å². The number of hydrogen-bond donors (Lipinski definition) is 1. The quantitative estimate of drug-likeness (QED) is 0.841. The fraction of sp³-hybridized carbons (Fsp3) is 0.615. The Labute approximate surface area is 102 Å². The molecular weight excluding hydrogens is 216 g/mol. The molecule has 94 valence electrons. The number of rotatable bonds is 5. The molecule has 0 radical (unpaired) electrons. The van der Waals surface area contributed by atoms with Crippen LogP contribution in [0.3, 0.4) is 0 Å². The molecule has 4 heteroatoms. The van der Waals surface area contributed by atoms with Crippen LogP contribution in [0.25, 0.3) is 0 Å². The zero-order valence-electron chi connectivity index (χ0n) is 10.5. The highest BCUT2D eigenvalue weighted by Crippen LogP contribution is 2.11. The monoisotopic (exact) mass is 236 g/mol. The second-order valence-corrected chi connectivity index (χ2v) is 4.79. The van der Waals surface area contributed by atoms with Crippen LogP contribution < -0.4 is 5.32 Å². The molecule has 0 bridgehead atoms. The van der Waals surface area contributed by atoms with Gasteiger partial charge in [0.1, 0.15) is 5.76 Å². The average molecular weight is 236 g/mol. The van der Waals surface area contributed by atoms with Crippen molar-refractivity contribution >= 4 is 5.91 Å². The van der Waals surface area contributed by atoms with E-state index >= 15 is 0 Å². The first-order valence-electron chi connectivity index (χ1n) is 6.20. The second-order valence-electron chi connectivity index (χ2n) is 4.79. The minimum Gasteiger partial charge on any atom is -0.469 e. The third kappa shape index (κ3) is 3.09. The first-order chi connectivity index (χ1) is 8.16. The molecule has 0 aromatic carbocycles. The molecule has 1 amide bonds. The van der Waals surface area contributed by atoms with Crippen molar-refractivity contribution in [1.82, 2.24) is 10.2 Å². The van der Waals surface area contributed by atoms with Gasteiger partial charge in [-0.1, -0.05) is 0 Å². The number of carbonyl (C=O) groups is 1. The van der Waals surface area contributed by atoms with Gasteiger partial charge in [0, 0.05) is 26.1 Å². The molecule has 1 aromatic heterocycles. The van der Waals surface area contributed by atoms with Crippen LogP contribution >= 0.6 is 0 Å². The highest BCUT2D eigenvalue weighted by Gasteiger charge is 2.29. The Morgan fingerprint density at radius 1 is 1.65 bits per heavy atom. The van der Waals surface area contributed by atoms with Gasteiger partial charge < -0.3 is 14.6 Å². The number of aryl methyl sites for hydroxylation is 1. The lowest BCUT2D eigenvalue weighted by molar-refractivity contribution is -0.128. The van der Waals surface area contributed by atoms with Crippen molar-refractivity contribution in [2.45, 2.75) is 38.3 Å². The minimum absolute atomic E-state index is 0.00611. The van der Waals surface area contributed by atoms with E-state index in [1.165, 1.54) is 0 Å². The summed E-state index contributed by atoms with van der Waals surface area (Å²) >= 11 is 0. The number of carbonyl (C=O) groups excluding carboxylic acids is 1. The van der Waals surface area contributed by atoms with Crippen LogP contribution in [0.5, 0.6) is 0 Å². The van der Waals surface area contributed by atoms with Crippen LogP contribution in [0, 0.1) is 0 Å². The van der Waals surface area contributed by atoms with Gasteiger partial charge in [-0.25, -0.2) is 0 Å². The number of nitrogens with one attached hydrogen (secondary N) is 1. The van der Waals surface area contributed by atoms with Crippen LogP contribution in [-0.2, 0) is 11.2 Å². The summed E-state index contributed by atoms with van der Waals surface area (Å²) in [4.78, 5) is 13.5. The maximum atomic E-state index is 11.7. The Balaban J connectivity index is 1.74. The van der Waals surface area contributed by atoms with Crippen LogP contribution in [0.2, 0.25) is 0 Å². The van der Waals surface area contributed by atoms with E-state index in [9.17, 15) is 4.79 Å². The molecular formula is C13H20N2O2. The number of likely N-dealkylation sites (N-methyl/N-ethyl adjacent to an activating group) is 1. The van der Waals surface area contributed by atoms with Gasteiger partial charge in [0.05, 0.1) is 12.3 Å². The summed E-state index contributed by atoms with van der Waals surface area (Å²) in [5, 5.41) is 3.39. The van der Waals surface area contributed by atoms with E-state index in [1.807, 2.05) is 19.2 Å². The predicted molar refractivity (Wildman–Crippen MR) is 65.7 cm³/mol. The first-order valence-corrected chi connectivity index (χ1v) is 6.20. The van der Waals surface area contributed by atoms with Crippen molar-refractivity contribution in [3.8, 4) is 0 Å². The van der Waals surface area contributed by atoms with Gasteiger partial charge in [0.25, 0.3) is 0 Å². The van der Waals surface area contributed by atoms with E-state index in [0.29, 0.717) is 6.04 Å². The van der Waals surface area contributed by atoms with Crippen molar-refractivity contribution in [2.24, 2.45) is 0 Å². The van der Waals surface area contributed by atoms with Crippen LogP contribution in [0.1, 0.15) is 25.5 Å². The summed E-state index contributed by atoms with van der Waals surface area (Å²) in [6.45, 7) is 2.98. The predicted octanol–water partition coefficient (Wildman–Crippen LogP) is 1.42. The van der Waals surface area contributed by atoms with Gasteiger partial charge >= 0.3 is 0 Å². The van der Waals surface area contributed by atoms with Gasteiger partial charge in [-0.3, -0.25) is 4.79 Å². The van der Waals surface area contributed by atoms with Gasteiger partial charge in [-0.05, 0) is 31.9 Å². The van der Waals surface area contributed by atoms with Gasteiger partial charge in [0.15, 0.2) is 0 Å². The molecule has 1 N–H and O–H groups in total. The molecule has 2 atom stereocenters. The first kappa shape index (κ1) is 12.2. The lowest BCUT2D eigenvalue weighted by Gasteiger charge is -2.18. The maximum absolute atomic E-state index is 11.7. The lowest BCUT2D eigenvalue weighted by atomic mass is 10.1.